The van der Waals surface area contributed by atoms with Crippen molar-refractivity contribution >= 4 is 41.0 Å². The number of benzene rings is 1. The van der Waals surface area contributed by atoms with Gasteiger partial charge < -0.3 is 15.2 Å². The summed E-state index contributed by atoms with van der Waals surface area (Å²) in [6.07, 6.45) is -5.23. The van der Waals surface area contributed by atoms with Crippen LogP contribution >= 0.6 is 23.2 Å². The first-order chi connectivity index (χ1) is 12.5. The fourth-order valence-corrected chi connectivity index (χ4v) is 2.55. The highest BCUT2D eigenvalue weighted by atomic mass is 35.5. The summed E-state index contributed by atoms with van der Waals surface area (Å²) in [4.78, 5) is 25.6. The maximum atomic E-state index is 14.5. The summed E-state index contributed by atoms with van der Waals surface area (Å²) in [5.74, 6) is -4.55. The van der Waals surface area contributed by atoms with Crippen molar-refractivity contribution in [1.82, 2.24) is 4.98 Å². The molecule has 0 unspecified atom stereocenters. The molecule has 0 aliphatic carbocycles. The SMILES string of the molecule is CC(=O)Nc1cc(-c2c(F)cc(Cl)c(C(F)F)c2F)nc(OC(=O)O)c1Cl. The number of aromatic nitrogens is 1. The van der Waals surface area contributed by atoms with Gasteiger partial charge in [-0.2, -0.15) is 0 Å². The van der Waals surface area contributed by atoms with Crippen LogP contribution in [-0.2, 0) is 4.79 Å². The lowest BCUT2D eigenvalue weighted by atomic mass is 10.0. The Labute approximate surface area is 158 Å². The van der Waals surface area contributed by atoms with Crippen molar-refractivity contribution in [1.29, 1.82) is 0 Å². The van der Waals surface area contributed by atoms with E-state index in [1.807, 2.05) is 0 Å². The Balaban J connectivity index is 2.80. The highest BCUT2D eigenvalue weighted by molar-refractivity contribution is 6.35. The molecule has 0 spiro atoms. The number of nitrogens with one attached hydrogen (secondary N) is 1. The average molecular weight is 427 g/mol. The molecule has 2 aromatic rings. The van der Waals surface area contributed by atoms with E-state index in [0.717, 1.165) is 13.0 Å². The fraction of sp³-hybridized carbons (Fsp3) is 0.133. The van der Waals surface area contributed by atoms with Gasteiger partial charge in [-0.3, -0.25) is 4.79 Å². The van der Waals surface area contributed by atoms with Gasteiger partial charge >= 0.3 is 6.16 Å². The van der Waals surface area contributed by atoms with Gasteiger partial charge in [-0.05, 0) is 12.1 Å². The van der Waals surface area contributed by atoms with Crippen LogP contribution < -0.4 is 10.1 Å². The number of carboxylic acid groups (broad SMARTS) is 1. The largest absolute Gasteiger partial charge is 0.512 e. The lowest BCUT2D eigenvalue weighted by molar-refractivity contribution is -0.114. The summed E-state index contributed by atoms with van der Waals surface area (Å²) in [6, 6.07) is 1.32. The minimum Gasteiger partial charge on any atom is -0.449 e. The first kappa shape index (κ1) is 20.7. The molecule has 0 radical (unpaired) electrons. The molecule has 1 amide bonds. The van der Waals surface area contributed by atoms with Gasteiger partial charge in [0.15, 0.2) is 0 Å². The van der Waals surface area contributed by atoms with Crippen LogP contribution in [-0.4, -0.2) is 22.2 Å². The van der Waals surface area contributed by atoms with Crippen LogP contribution in [0.2, 0.25) is 10.0 Å². The number of hydrogen-bond donors (Lipinski definition) is 2. The van der Waals surface area contributed by atoms with Crippen LogP contribution in [0.3, 0.4) is 0 Å². The number of carbonyl (C=O) groups is 2. The van der Waals surface area contributed by atoms with Crippen molar-refractivity contribution in [3.8, 4) is 17.1 Å². The normalized spacial score (nSPS) is 10.8. The molecule has 2 N–H and O–H groups in total. The number of amides is 1. The minimum atomic E-state index is -3.37. The van der Waals surface area contributed by atoms with E-state index in [2.05, 4.69) is 15.0 Å². The number of alkyl halides is 2. The predicted octanol–water partition coefficient (Wildman–Crippen LogP) is 5.29. The number of rotatable bonds is 4. The zero-order chi connectivity index (χ0) is 20.5. The van der Waals surface area contributed by atoms with Crippen molar-refractivity contribution in [3.05, 3.63) is 39.4 Å². The van der Waals surface area contributed by atoms with Gasteiger partial charge in [-0.15, -0.1) is 0 Å². The molecule has 0 fully saturated rings. The van der Waals surface area contributed by atoms with Gasteiger partial charge in [0.2, 0.25) is 11.8 Å². The molecule has 0 aliphatic heterocycles. The third-order valence-electron chi connectivity index (χ3n) is 3.10. The molecule has 144 valence electrons. The number of nitrogens with zero attached hydrogens (tertiary/aromatic N) is 1. The smallest absolute Gasteiger partial charge is 0.449 e. The van der Waals surface area contributed by atoms with Crippen molar-refractivity contribution in [2.24, 2.45) is 0 Å². The summed E-state index contributed by atoms with van der Waals surface area (Å²) < 4.78 is 59.1. The van der Waals surface area contributed by atoms with E-state index in [4.69, 9.17) is 28.3 Å². The van der Waals surface area contributed by atoms with Gasteiger partial charge in [-0.25, -0.2) is 27.3 Å². The van der Waals surface area contributed by atoms with E-state index < -0.39 is 62.9 Å². The molecule has 1 aromatic heterocycles. The molecule has 0 aliphatic rings. The molecule has 27 heavy (non-hydrogen) atoms. The van der Waals surface area contributed by atoms with Crippen molar-refractivity contribution in [2.75, 3.05) is 5.32 Å². The first-order valence-electron chi connectivity index (χ1n) is 6.87. The molecular weight excluding hydrogens is 419 g/mol. The van der Waals surface area contributed by atoms with Crippen LogP contribution in [0, 0.1) is 11.6 Å². The Bertz CT molecular complexity index is 904. The molecular formula is C15H8Cl2F4N2O4. The minimum absolute atomic E-state index is 0.308. The van der Waals surface area contributed by atoms with Gasteiger partial charge in [-0.1, -0.05) is 23.2 Å². The molecule has 2 rings (SSSR count). The average Bonchev–Trinajstić information content (AvgIpc) is 2.49. The summed E-state index contributed by atoms with van der Waals surface area (Å²) in [7, 11) is 0. The van der Waals surface area contributed by atoms with Gasteiger partial charge in [0.25, 0.3) is 6.43 Å². The lowest BCUT2D eigenvalue weighted by Gasteiger charge is -2.14. The van der Waals surface area contributed by atoms with E-state index in [9.17, 15) is 27.2 Å². The second-order valence-electron chi connectivity index (χ2n) is 4.97. The highest BCUT2D eigenvalue weighted by Crippen LogP contribution is 2.40. The molecule has 0 saturated heterocycles. The molecule has 0 atom stereocenters. The molecule has 1 heterocycles. The fourth-order valence-electron chi connectivity index (χ4n) is 2.11. The van der Waals surface area contributed by atoms with Gasteiger partial charge in [0.05, 0.1) is 27.5 Å². The number of anilines is 1. The van der Waals surface area contributed by atoms with E-state index in [1.165, 1.54) is 0 Å². The Morgan fingerprint density at radius 1 is 1.26 bits per heavy atom. The Kier molecular flexibility index (Phi) is 6.11. The second kappa shape index (κ2) is 7.97. The predicted molar refractivity (Wildman–Crippen MR) is 87.5 cm³/mol. The van der Waals surface area contributed by atoms with E-state index in [1.54, 1.807) is 0 Å². The molecule has 0 saturated carbocycles. The molecule has 6 nitrogen and oxygen atoms in total. The van der Waals surface area contributed by atoms with E-state index in [-0.39, 0.29) is 5.69 Å². The van der Waals surface area contributed by atoms with Gasteiger partial charge in [0, 0.05) is 6.92 Å². The lowest BCUT2D eigenvalue weighted by Crippen LogP contribution is -2.11. The molecule has 1 aromatic carbocycles. The van der Waals surface area contributed by atoms with Crippen molar-refractivity contribution < 1.29 is 37.0 Å². The number of halogens is 6. The number of ether oxygens (including phenoxy) is 1. The Morgan fingerprint density at radius 2 is 1.89 bits per heavy atom. The third-order valence-corrected chi connectivity index (χ3v) is 3.78. The summed E-state index contributed by atoms with van der Waals surface area (Å²) in [6.45, 7) is 1.08. The van der Waals surface area contributed by atoms with E-state index in [0.29, 0.717) is 6.07 Å². The van der Waals surface area contributed by atoms with Crippen molar-refractivity contribution in [2.45, 2.75) is 13.3 Å². The summed E-state index contributed by atoms with van der Waals surface area (Å²) >= 11 is 11.3. The summed E-state index contributed by atoms with van der Waals surface area (Å²) in [5.41, 5.74) is -3.27. The van der Waals surface area contributed by atoms with Crippen LogP contribution in [0.1, 0.15) is 18.9 Å². The number of pyridine rings is 1. The number of hydrogen-bond acceptors (Lipinski definition) is 4. The monoisotopic (exact) mass is 426 g/mol. The topological polar surface area (TPSA) is 88.5 Å². The summed E-state index contributed by atoms with van der Waals surface area (Å²) in [5, 5.41) is 9.57. The maximum Gasteiger partial charge on any atom is 0.512 e. The Morgan fingerprint density at radius 3 is 2.41 bits per heavy atom. The number of carbonyl (C=O) groups excluding carboxylic acids is 1. The van der Waals surface area contributed by atoms with E-state index >= 15 is 0 Å². The zero-order valence-corrected chi connectivity index (χ0v) is 14.6. The third kappa shape index (κ3) is 4.40. The van der Waals surface area contributed by atoms with Crippen LogP contribution in [0.25, 0.3) is 11.3 Å². The maximum absolute atomic E-state index is 14.5. The Hall–Kier alpha value is -2.59. The van der Waals surface area contributed by atoms with Gasteiger partial charge in [0.1, 0.15) is 16.7 Å². The van der Waals surface area contributed by atoms with Crippen molar-refractivity contribution in [3.63, 3.8) is 0 Å². The standard InChI is InChI=1S/C15H8Cl2F4N2O4/c1-4(24)22-8-3-7(23-14(11(8)17)27-15(25)26)10-6(18)2-5(16)9(12(10)19)13(20)21/h2-3,13H,1H3,(H,25,26)(H,22,23,24). The zero-order valence-electron chi connectivity index (χ0n) is 13.1. The highest BCUT2D eigenvalue weighted by Gasteiger charge is 2.27. The molecule has 0 bridgehead atoms. The van der Waals surface area contributed by atoms with Crippen LogP contribution in [0.5, 0.6) is 5.88 Å². The first-order valence-corrected chi connectivity index (χ1v) is 7.63. The van der Waals surface area contributed by atoms with Crippen LogP contribution in [0.15, 0.2) is 12.1 Å². The molecule has 12 heteroatoms. The quantitative estimate of drug-likeness (QED) is 0.512. The second-order valence-corrected chi connectivity index (χ2v) is 5.75. The van der Waals surface area contributed by atoms with Crippen LogP contribution in [0.4, 0.5) is 28.0 Å².